The van der Waals surface area contributed by atoms with E-state index in [2.05, 4.69) is 20.0 Å². The van der Waals surface area contributed by atoms with E-state index in [9.17, 15) is 9.18 Å². The number of piperazine rings is 1. The van der Waals surface area contributed by atoms with Crippen molar-refractivity contribution in [1.82, 2.24) is 29.2 Å². The second-order valence-corrected chi connectivity index (χ2v) is 7.53. The summed E-state index contributed by atoms with van der Waals surface area (Å²) in [6.45, 7) is 2.23. The van der Waals surface area contributed by atoms with Crippen LogP contribution in [0.1, 0.15) is 10.4 Å². The molecule has 0 aliphatic carbocycles. The molecule has 0 radical (unpaired) electrons. The lowest BCUT2D eigenvalue weighted by Gasteiger charge is -2.35. The van der Waals surface area contributed by atoms with E-state index in [0.29, 0.717) is 49.3 Å². The molecular formula is C23H22FN7O2. The highest BCUT2D eigenvalue weighted by Crippen LogP contribution is 2.24. The van der Waals surface area contributed by atoms with Gasteiger partial charge in [0, 0.05) is 38.6 Å². The van der Waals surface area contributed by atoms with Crippen LogP contribution in [0.3, 0.4) is 0 Å². The van der Waals surface area contributed by atoms with E-state index < -0.39 is 5.82 Å². The fourth-order valence-corrected chi connectivity index (χ4v) is 3.91. The van der Waals surface area contributed by atoms with Gasteiger partial charge in [0.2, 0.25) is 5.88 Å². The van der Waals surface area contributed by atoms with Crippen molar-refractivity contribution in [2.24, 2.45) is 0 Å². The largest absolute Gasteiger partial charge is 0.480 e. The Bertz CT molecular complexity index is 1260. The first-order valence-corrected chi connectivity index (χ1v) is 10.5. The van der Waals surface area contributed by atoms with Crippen molar-refractivity contribution in [3.05, 3.63) is 78.8 Å². The number of methoxy groups -OCH3 is 1. The number of nitrogens with zero attached hydrogens (tertiary/aromatic N) is 7. The maximum atomic E-state index is 14.5. The normalized spacial score (nSPS) is 13.9. The van der Waals surface area contributed by atoms with Crippen LogP contribution in [0.5, 0.6) is 5.88 Å². The van der Waals surface area contributed by atoms with Gasteiger partial charge in [-0.15, -0.1) is 0 Å². The highest BCUT2D eigenvalue weighted by molar-refractivity contribution is 5.97. The van der Waals surface area contributed by atoms with Gasteiger partial charge in [0.25, 0.3) is 5.91 Å². The quantitative estimate of drug-likeness (QED) is 0.468. The molecule has 33 heavy (non-hydrogen) atoms. The maximum Gasteiger partial charge on any atom is 0.259 e. The minimum Gasteiger partial charge on any atom is -0.480 e. The molecule has 1 fully saturated rings. The molecule has 5 rings (SSSR count). The van der Waals surface area contributed by atoms with E-state index in [4.69, 9.17) is 4.74 Å². The van der Waals surface area contributed by atoms with Gasteiger partial charge in [-0.3, -0.25) is 9.78 Å². The number of carbonyl (C=O) groups excluding carboxylic acids is 1. The first-order chi connectivity index (χ1) is 16.2. The van der Waals surface area contributed by atoms with Crippen LogP contribution in [0.4, 0.5) is 10.2 Å². The second kappa shape index (κ2) is 8.73. The third-order valence-electron chi connectivity index (χ3n) is 5.60. The van der Waals surface area contributed by atoms with E-state index in [1.807, 2.05) is 24.5 Å². The molecular weight excluding hydrogens is 425 g/mol. The molecule has 0 saturated carbocycles. The lowest BCUT2D eigenvalue weighted by molar-refractivity contribution is 0.0746. The molecule has 1 aliphatic heterocycles. The number of rotatable bonds is 5. The molecule has 1 amide bonds. The smallest absolute Gasteiger partial charge is 0.259 e. The van der Waals surface area contributed by atoms with E-state index in [-0.39, 0.29) is 11.6 Å². The van der Waals surface area contributed by atoms with Crippen molar-refractivity contribution in [3.8, 4) is 17.4 Å². The molecule has 0 bridgehead atoms. The van der Waals surface area contributed by atoms with Crippen LogP contribution in [-0.2, 0) is 0 Å². The number of carbonyl (C=O) groups is 1. The van der Waals surface area contributed by atoms with Gasteiger partial charge in [-0.2, -0.15) is 10.1 Å². The first kappa shape index (κ1) is 20.7. The Hall–Kier alpha value is -4.21. The Morgan fingerprint density at radius 2 is 1.76 bits per heavy atom. The average molecular weight is 447 g/mol. The maximum absolute atomic E-state index is 14.5. The fourth-order valence-electron chi connectivity index (χ4n) is 3.91. The van der Waals surface area contributed by atoms with Gasteiger partial charge in [0.15, 0.2) is 11.6 Å². The van der Waals surface area contributed by atoms with Crippen molar-refractivity contribution in [2.45, 2.75) is 0 Å². The van der Waals surface area contributed by atoms with Crippen LogP contribution in [0.25, 0.3) is 11.5 Å². The fraction of sp³-hybridized carbons (Fsp3) is 0.217. The lowest BCUT2D eigenvalue weighted by atomic mass is 10.2. The summed E-state index contributed by atoms with van der Waals surface area (Å²) in [5, 5.41) is 4.37. The Labute approximate surface area is 189 Å². The molecule has 10 heteroatoms. The van der Waals surface area contributed by atoms with Gasteiger partial charge in [-0.1, -0.05) is 12.1 Å². The SMILES string of the molecule is COc1cncc(N2CCN(C(=O)c3cnn(-c4ccccc4F)c3-n3cccc3)CC2)n1. The van der Waals surface area contributed by atoms with Crippen molar-refractivity contribution >= 4 is 11.7 Å². The molecule has 0 unspecified atom stereocenters. The van der Waals surface area contributed by atoms with Gasteiger partial charge in [0.1, 0.15) is 17.1 Å². The van der Waals surface area contributed by atoms with Crippen LogP contribution in [0, 0.1) is 5.82 Å². The zero-order chi connectivity index (χ0) is 22.8. The minimum absolute atomic E-state index is 0.155. The number of amides is 1. The Morgan fingerprint density at radius 1 is 1.00 bits per heavy atom. The summed E-state index contributed by atoms with van der Waals surface area (Å²) < 4.78 is 22.9. The van der Waals surface area contributed by atoms with Gasteiger partial charge >= 0.3 is 0 Å². The molecule has 1 saturated heterocycles. The standard InChI is InChI=1S/C23H22FN7O2/c1-33-21-16-25-15-20(27-21)28-10-12-30(13-11-28)23(32)17-14-26-31(19-7-3-2-6-18(19)24)22(17)29-8-4-5-9-29/h2-9,14-16H,10-13H2,1H3. The zero-order valence-electron chi connectivity index (χ0n) is 18.0. The predicted octanol–water partition coefficient (Wildman–Crippen LogP) is 2.56. The number of hydrogen-bond acceptors (Lipinski definition) is 6. The summed E-state index contributed by atoms with van der Waals surface area (Å²) in [6.07, 6.45) is 8.36. The van der Waals surface area contributed by atoms with Gasteiger partial charge < -0.3 is 19.1 Å². The van der Waals surface area contributed by atoms with E-state index in [1.165, 1.54) is 16.9 Å². The Kier molecular flexibility index (Phi) is 5.47. The van der Waals surface area contributed by atoms with Crippen LogP contribution >= 0.6 is 0 Å². The number of aromatic nitrogens is 5. The molecule has 9 nitrogen and oxygen atoms in total. The highest BCUT2D eigenvalue weighted by atomic mass is 19.1. The minimum atomic E-state index is -0.416. The van der Waals surface area contributed by atoms with Gasteiger partial charge in [0.05, 0.1) is 25.7 Å². The zero-order valence-corrected chi connectivity index (χ0v) is 18.0. The van der Waals surface area contributed by atoms with E-state index in [1.54, 1.807) is 47.2 Å². The van der Waals surface area contributed by atoms with Crippen LogP contribution in [-0.4, -0.2) is 68.4 Å². The number of hydrogen-bond donors (Lipinski definition) is 0. The molecule has 0 atom stereocenters. The summed E-state index contributed by atoms with van der Waals surface area (Å²) >= 11 is 0. The van der Waals surface area contributed by atoms with Crippen molar-refractivity contribution in [2.75, 3.05) is 38.2 Å². The summed E-state index contributed by atoms with van der Waals surface area (Å²) in [4.78, 5) is 25.9. The molecule has 0 N–H and O–H groups in total. The third kappa shape index (κ3) is 3.91. The topological polar surface area (TPSA) is 81.3 Å². The first-order valence-electron chi connectivity index (χ1n) is 10.5. The third-order valence-corrected chi connectivity index (χ3v) is 5.60. The van der Waals surface area contributed by atoms with Crippen molar-refractivity contribution in [3.63, 3.8) is 0 Å². The van der Waals surface area contributed by atoms with Crippen LogP contribution < -0.4 is 9.64 Å². The molecule has 0 spiro atoms. The van der Waals surface area contributed by atoms with Crippen molar-refractivity contribution < 1.29 is 13.9 Å². The van der Waals surface area contributed by atoms with Crippen molar-refractivity contribution in [1.29, 1.82) is 0 Å². The van der Waals surface area contributed by atoms with Gasteiger partial charge in [-0.05, 0) is 24.3 Å². The molecule has 1 aliphatic rings. The second-order valence-electron chi connectivity index (χ2n) is 7.53. The number of anilines is 1. The highest BCUT2D eigenvalue weighted by Gasteiger charge is 2.28. The Morgan fingerprint density at radius 3 is 2.48 bits per heavy atom. The predicted molar refractivity (Wildman–Crippen MR) is 120 cm³/mol. The molecule has 1 aromatic carbocycles. The Balaban J connectivity index is 1.41. The molecule has 4 heterocycles. The number of benzene rings is 1. The number of ether oxygens (including phenoxy) is 1. The lowest BCUT2D eigenvalue weighted by Crippen LogP contribution is -2.49. The summed E-state index contributed by atoms with van der Waals surface area (Å²) in [5.74, 6) is 1.08. The van der Waals surface area contributed by atoms with Crippen LogP contribution in [0.2, 0.25) is 0 Å². The number of para-hydroxylation sites is 1. The number of halogens is 1. The molecule has 168 valence electrons. The summed E-state index contributed by atoms with van der Waals surface area (Å²) in [7, 11) is 1.55. The average Bonchev–Trinajstić information content (AvgIpc) is 3.54. The monoisotopic (exact) mass is 447 g/mol. The van der Waals surface area contributed by atoms with Gasteiger partial charge in [-0.25, -0.2) is 9.07 Å². The molecule has 3 aromatic heterocycles. The summed E-state index contributed by atoms with van der Waals surface area (Å²) in [5.41, 5.74) is 0.686. The summed E-state index contributed by atoms with van der Waals surface area (Å²) in [6, 6.07) is 10.1. The molecule has 4 aromatic rings. The van der Waals surface area contributed by atoms with E-state index in [0.717, 1.165) is 0 Å². The van der Waals surface area contributed by atoms with Crippen LogP contribution in [0.15, 0.2) is 67.4 Å². The van der Waals surface area contributed by atoms with E-state index >= 15 is 0 Å².